The Bertz CT molecular complexity index is 671. The van der Waals surface area contributed by atoms with Crippen LogP contribution in [0.3, 0.4) is 0 Å². The van der Waals surface area contributed by atoms with Gasteiger partial charge in [-0.1, -0.05) is 6.07 Å². The Morgan fingerprint density at radius 3 is 2.43 bits per heavy atom. The van der Waals surface area contributed by atoms with E-state index in [1.54, 1.807) is 38.3 Å². The average molecular weight is 288 g/mol. The van der Waals surface area contributed by atoms with Crippen LogP contribution in [0.1, 0.15) is 11.1 Å². The lowest BCUT2D eigenvalue weighted by Crippen LogP contribution is -2.20. The number of rotatable bonds is 3. The normalized spacial score (nSPS) is 10.1. The number of methoxy groups -OCH3 is 1. The Morgan fingerprint density at radius 1 is 1.05 bits per heavy atom. The molecule has 0 atom stereocenters. The molecule has 0 saturated heterocycles. The zero-order valence-corrected chi connectivity index (χ0v) is 12.2. The molecule has 2 aromatic rings. The van der Waals surface area contributed by atoms with E-state index in [4.69, 9.17) is 4.74 Å². The van der Waals surface area contributed by atoms with Gasteiger partial charge in [-0.3, -0.25) is 0 Å². The van der Waals surface area contributed by atoms with Crippen molar-refractivity contribution in [2.24, 2.45) is 0 Å². The van der Waals surface area contributed by atoms with E-state index in [1.807, 2.05) is 13.0 Å². The van der Waals surface area contributed by atoms with Crippen LogP contribution >= 0.6 is 0 Å². The fourth-order valence-corrected chi connectivity index (χ4v) is 1.86. The summed E-state index contributed by atoms with van der Waals surface area (Å²) in [4.78, 5) is 11.9. The van der Waals surface area contributed by atoms with Crippen LogP contribution in [-0.4, -0.2) is 13.1 Å². The zero-order valence-electron chi connectivity index (χ0n) is 12.2. The largest absolute Gasteiger partial charge is 0.497 e. The molecule has 2 aromatic carbocycles. The molecule has 0 aromatic heterocycles. The van der Waals surface area contributed by atoms with Gasteiger partial charge in [0.15, 0.2) is 0 Å². The Labute approximate surface area is 122 Å². The van der Waals surface area contributed by atoms with Crippen molar-refractivity contribution in [3.8, 4) is 5.75 Å². The second-order valence-electron chi connectivity index (χ2n) is 4.72. The first kappa shape index (κ1) is 14.8. The molecule has 0 spiro atoms. The van der Waals surface area contributed by atoms with Crippen molar-refractivity contribution in [3.05, 3.63) is 53.3 Å². The number of urea groups is 1. The number of nitrogens with one attached hydrogen (secondary N) is 2. The standard InChI is InChI=1S/C16H17FN2O2/c1-10-4-5-12(9-14(10)17)18-16(20)19-15-7-6-13(21-3)8-11(15)2/h4-9H,1-3H3,(H2,18,19,20). The number of hydrogen-bond acceptors (Lipinski definition) is 2. The smallest absolute Gasteiger partial charge is 0.323 e. The summed E-state index contributed by atoms with van der Waals surface area (Å²) < 4.78 is 18.5. The Kier molecular flexibility index (Phi) is 4.42. The van der Waals surface area contributed by atoms with Crippen LogP contribution in [0.4, 0.5) is 20.6 Å². The van der Waals surface area contributed by atoms with Gasteiger partial charge in [-0.15, -0.1) is 0 Å². The van der Waals surface area contributed by atoms with Crippen LogP contribution in [0.2, 0.25) is 0 Å². The molecule has 4 nitrogen and oxygen atoms in total. The van der Waals surface area contributed by atoms with Gasteiger partial charge >= 0.3 is 6.03 Å². The summed E-state index contributed by atoms with van der Waals surface area (Å²) in [5.41, 5.74) is 2.48. The van der Waals surface area contributed by atoms with Crippen LogP contribution in [0, 0.1) is 19.7 Å². The monoisotopic (exact) mass is 288 g/mol. The fourth-order valence-electron chi connectivity index (χ4n) is 1.86. The third kappa shape index (κ3) is 3.72. The molecular formula is C16H17FN2O2. The molecule has 0 radical (unpaired) electrons. The quantitative estimate of drug-likeness (QED) is 0.893. The van der Waals surface area contributed by atoms with Gasteiger partial charge in [0.05, 0.1) is 7.11 Å². The predicted octanol–water partition coefficient (Wildman–Crippen LogP) is 4.10. The maximum absolute atomic E-state index is 13.4. The summed E-state index contributed by atoms with van der Waals surface area (Å²) in [6.07, 6.45) is 0. The number of anilines is 2. The lowest BCUT2D eigenvalue weighted by atomic mass is 10.2. The minimum Gasteiger partial charge on any atom is -0.497 e. The maximum atomic E-state index is 13.4. The van der Waals surface area contributed by atoms with Crippen LogP contribution in [-0.2, 0) is 0 Å². The predicted molar refractivity (Wildman–Crippen MR) is 81.5 cm³/mol. The molecule has 21 heavy (non-hydrogen) atoms. The Morgan fingerprint density at radius 2 is 1.81 bits per heavy atom. The zero-order chi connectivity index (χ0) is 15.4. The minimum absolute atomic E-state index is 0.353. The molecule has 2 N–H and O–H groups in total. The summed E-state index contributed by atoms with van der Waals surface area (Å²) in [6.45, 7) is 3.53. The first-order chi connectivity index (χ1) is 9.99. The SMILES string of the molecule is COc1ccc(NC(=O)Nc2ccc(C)c(F)c2)c(C)c1. The van der Waals surface area contributed by atoms with E-state index in [2.05, 4.69) is 10.6 Å². The van der Waals surface area contributed by atoms with Crippen molar-refractivity contribution in [1.82, 2.24) is 0 Å². The van der Waals surface area contributed by atoms with E-state index in [-0.39, 0.29) is 5.82 Å². The number of benzene rings is 2. The van der Waals surface area contributed by atoms with Crippen molar-refractivity contribution in [3.63, 3.8) is 0 Å². The summed E-state index contributed by atoms with van der Waals surface area (Å²) in [6, 6.07) is 9.46. The molecule has 0 aliphatic heterocycles. The summed E-state index contributed by atoms with van der Waals surface area (Å²) in [7, 11) is 1.58. The molecule has 0 aliphatic carbocycles. The van der Waals surface area contributed by atoms with E-state index in [0.29, 0.717) is 16.9 Å². The van der Waals surface area contributed by atoms with Gasteiger partial charge in [-0.25, -0.2) is 9.18 Å². The van der Waals surface area contributed by atoms with Crippen LogP contribution < -0.4 is 15.4 Å². The number of hydrogen-bond donors (Lipinski definition) is 2. The first-order valence-electron chi connectivity index (χ1n) is 6.48. The number of carbonyl (C=O) groups is 1. The first-order valence-corrected chi connectivity index (χ1v) is 6.48. The van der Waals surface area contributed by atoms with Gasteiger partial charge in [-0.2, -0.15) is 0 Å². The average Bonchev–Trinajstić information content (AvgIpc) is 2.45. The van der Waals surface area contributed by atoms with Gasteiger partial charge in [-0.05, 0) is 55.3 Å². The molecule has 0 bridgehead atoms. The summed E-state index contributed by atoms with van der Waals surface area (Å²) >= 11 is 0. The lowest BCUT2D eigenvalue weighted by molar-refractivity contribution is 0.262. The topological polar surface area (TPSA) is 50.4 Å². The molecule has 0 heterocycles. The van der Waals surface area contributed by atoms with Crippen molar-refractivity contribution < 1.29 is 13.9 Å². The summed E-state index contributed by atoms with van der Waals surface area (Å²) in [5, 5.41) is 5.31. The molecule has 110 valence electrons. The Balaban J connectivity index is 2.06. The highest BCUT2D eigenvalue weighted by Gasteiger charge is 2.07. The van der Waals surface area contributed by atoms with E-state index in [0.717, 1.165) is 11.3 Å². The van der Waals surface area contributed by atoms with Crippen molar-refractivity contribution in [2.75, 3.05) is 17.7 Å². The van der Waals surface area contributed by atoms with Gasteiger partial charge in [0.25, 0.3) is 0 Å². The fraction of sp³-hybridized carbons (Fsp3) is 0.188. The van der Waals surface area contributed by atoms with E-state index >= 15 is 0 Å². The number of amides is 2. The van der Waals surface area contributed by atoms with Crippen molar-refractivity contribution >= 4 is 17.4 Å². The van der Waals surface area contributed by atoms with Crippen molar-refractivity contribution in [2.45, 2.75) is 13.8 Å². The summed E-state index contributed by atoms with van der Waals surface area (Å²) in [5.74, 6) is 0.368. The Hall–Kier alpha value is -2.56. The molecule has 2 amide bonds. The van der Waals surface area contributed by atoms with E-state index in [1.165, 1.54) is 6.07 Å². The lowest BCUT2D eigenvalue weighted by Gasteiger charge is -2.11. The second kappa shape index (κ2) is 6.26. The van der Waals surface area contributed by atoms with Gasteiger partial charge < -0.3 is 15.4 Å². The molecule has 5 heteroatoms. The van der Waals surface area contributed by atoms with Gasteiger partial charge in [0, 0.05) is 11.4 Å². The number of carbonyl (C=O) groups excluding carboxylic acids is 1. The molecule has 0 fully saturated rings. The van der Waals surface area contributed by atoms with Gasteiger partial charge in [0.1, 0.15) is 11.6 Å². The number of aryl methyl sites for hydroxylation is 2. The third-order valence-electron chi connectivity index (χ3n) is 3.11. The molecular weight excluding hydrogens is 271 g/mol. The highest BCUT2D eigenvalue weighted by Crippen LogP contribution is 2.21. The van der Waals surface area contributed by atoms with Crippen LogP contribution in [0.25, 0.3) is 0 Å². The highest BCUT2D eigenvalue weighted by molar-refractivity contribution is 6.00. The molecule has 0 unspecified atom stereocenters. The molecule has 2 rings (SSSR count). The van der Waals surface area contributed by atoms with E-state index < -0.39 is 6.03 Å². The van der Waals surface area contributed by atoms with Crippen molar-refractivity contribution in [1.29, 1.82) is 0 Å². The second-order valence-corrected chi connectivity index (χ2v) is 4.72. The maximum Gasteiger partial charge on any atom is 0.323 e. The highest BCUT2D eigenvalue weighted by atomic mass is 19.1. The van der Waals surface area contributed by atoms with E-state index in [9.17, 15) is 9.18 Å². The van der Waals surface area contributed by atoms with Gasteiger partial charge in [0.2, 0.25) is 0 Å². The molecule has 0 saturated carbocycles. The van der Waals surface area contributed by atoms with Crippen LogP contribution in [0.5, 0.6) is 5.75 Å². The van der Waals surface area contributed by atoms with Crippen LogP contribution in [0.15, 0.2) is 36.4 Å². The minimum atomic E-state index is -0.425. The molecule has 0 aliphatic rings. The number of halogens is 1. The number of ether oxygens (including phenoxy) is 1. The third-order valence-corrected chi connectivity index (χ3v) is 3.11.